The molecule has 0 bridgehead atoms. The lowest BCUT2D eigenvalue weighted by Gasteiger charge is -2.06. The second-order valence-electron chi connectivity index (χ2n) is 6.58. The van der Waals surface area contributed by atoms with E-state index in [4.69, 9.17) is 0 Å². The van der Waals surface area contributed by atoms with Gasteiger partial charge < -0.3 is 10.3 Å². The van der Waals surface area contributed by atoms with E-state index < -0.39 is 0 Å². The van der Waals surface area contributed by atoms with Crippen LogP contribution in [0.1, 0.15) is 21.5 Å². The molecule has 5 heteroatoms. The predicted octanol–water partition coefficient (Wildman–Crippen LogP) is 5.86. The summed E-state index contributed by atoms with van der Waals surface area (Å²) in [6.07, 6.45) is 0. The molecule has 0 aliphatic rings. The molecule has 4 nitrogen and oxygen atoms in total. The van der Waals surface area contributed by atoms with Crippen molar-refractivity contribution in [3.8, 4) is 11.4 Å². The Balaban J connectivity index is 1.56. The van der Waals surface area contributed by atoms with Crippen molar-refractivity contribution in [2.24, 2.45) is 0 Å². The van der Waals surface area contributed by atoms with Gasteiger partial charge in [0.15, 0.2) is 0 Å². The Bertz CT molecular complexity index is 1110. The number of carbonyl (C=O) groups excluding carboxylic acids is 1. The maximum atomic E-state index is 12.4. The number of H-pyrrole nitrogens is 1. The number of aromatic amines is 1. The summed E-state index contributed by atoms with van der Waals surface area (Å²) >= 11 is 3.38. The maximum Gasteiger partial charge on any atom is 0.255 e. The largest absolute Gasteiger partial charge is 0.338 e. The molecule has 4 rings (SSSR count). The zero-order chi connectivity index (χ0) is 19.0. The summed E-state index contributed by atoms with van der Waals surface area (Å²) in [5.74, 6) is 0.679. The topological polar surface area (TPSA) is 57.8 Å². The van der Waals surface area contributed by atoms with Gasteiger partial charge in [0.05, 0.1) is 11.0 Å². The molecule has 2 N–H and O–H groups in total. The number of hydrogen-bond acceptors (Lipinski definition) is 2. The zero-order valence-corrected chi connectivity index (χ0v) is 16.6. The van der Waals surface area contributed by atoms with Gasteiger partial charge in [-0.1, -0.05) is 22.0 Å². The molecule has 4 aromatic rings. The van der Waals surface area contributed by atoms with Crippen LogP contribution in [0.4, 0.5) is 5.69 Å². The van der Waals surface area contributed by atoms with Gasteiger partial charge in [0.2, 0.25) is 0 Å². The van der Waals surface area contributed by atoms with Crippen LogP contribution >= 0.6 is 15.9 Å². The van der Waals surface area contributed by atoms with E-state index in [9.17, 15) is 4.79 Å². The van der Waals surface area contributed by atoms with Gasteiger partial charge >= 0.3 is 0 Å². The normalized spacial score (nSPS) is 10.9. The molecular formula is C22H18BrN3O. The van der Waals surface area contributed by atoms with E-state index >= 15 is 0 Å². The van der Waals surface area contributed by atoms with Crippen LogP contribution in [-0.4, -0.2) is 15.9 Å². The maximum absolute atomic E-state index is 12.4. The molecule has 0 spiro atoms. The first-order valence-corrected chi connectivity index (χ1v) is 9.43. The fraction of sp³-hybridized carbons (Fsp3) is 0.0909. The van der Waals surface area contributed by atoms with Crippen LogP contribution in [0.15, 0.2) is 65.1 Å². The van der Waals surface area contributed by atoms with E-state index in [2.05, 4.69) is 57.2 Å². The highest BCUT2D eigenvalue weighted by Crippen LogP contribution is 2.24. The number of benzene rings is 3. The highest BCUT2D eigenvalue weighted by Gasteiger charge is 2.09. The summed E-state index contributed by atoms with van der Waals surface area (Å²) in [5.41, 5.74) is 6.78. The van der Waals surface area contributed by atoms with Crippen LogP contribution in [0, 0.1) is 13.8 Å². The molecule has 0 aliphatic heterocycles. The smallest absolute Gasteiger partial charge is 0.255 e. The summed E-state index contributed by atoms with van der Waals surface area (Å²) in [5, 5.41) is 2.92. The first kappa shape index (κ1) is 17.5. The zero-order valence-electron chi connectivity index (χ0n) is 15.0. The number of amides is 1. The van der Waals surface area contributed by atoms with Crippen molar-refractivity contribution < 1.29 is 4.79 Å². The van der Waals surface area contributed by atoms with Crippen molar-refractivity contribution in [1.82, 2.24) is 9.97 Å². The van der Waals surface area contributed by atoms with Crippen LogP contribution in [0.2, 0.25) is 0 Å². The average Bonchev–Trinajstić information content (AvgIpc) is 3.05. The summed E-state index contributed by atoms with van der Waals surface area (Å²) in [6, 6.07) is 19.2. The quantitative estimate of drug-likeness (QED) is 0.436. The van der Waals surface area contributed by atoms with Crippen LogP contribution in [-0.2, 0) is 0 Å². The second-order valence-corrected chi connectivity index (χ2v) is 7.50. The molecule has 0 aliphatic carbocycles. The Morgan fingerprint density at radius 2 is 1.74 bits per heavy atom. The molecule has 0 atom stereocenters. The third kappa shape index (κ3) is 3.64. The predicted molar refractivity (Wildman–Crippen MR) is 113 cm³/mol. The van der Waals surface area contributed by atoms with Gasteiger partial charge in [0, 0.05) is 21.3 Å². The van der Waals surface area contributed by atoms with E-state index in [0.29, 0.717) is 5.56 Å². The Morgan fingerprint density at radius 3 is 2.48 bits per heavy atom. The van der Waals surface area contributed by atoms with Crippen LogP contribution in [0.5, 0.6) is 0 Å². The molecule has 0 radical (unpaired) electrons. The number of nitrogens with one attached hydrogen (secondary N) is 2. The van der Waals surface area contributed by atoms with Gasteiger partial charge in [0.25, 0.3) is 5.91 Å². The minimum Gasteiger partial charge on any atom is -0.338 e. The third-order valence-electron chi connectivity index (χ3n) is 4.60. The highest BCUT2D eigenvalue weighted by atomic mass is 79.9. The first-order valence-electron chi connectivity index (χ1n) is 8.64. The lowest BCUT2D eigenvalue weighted by molar-refractivity contribution is 0.102. The molecule has 1 amide bonds. The van der Waals surface area contributed by atoms with Gasteiger partial charge in [-0.2, -0.15) is 0 Å². The monoisotopic (exact) mass is 419 g/mol. The molecule has 0 unspecified atom stereocenters. The van der Waals surface area contributed by atoms with E-state index in [0.717, 1.165) is 32.6 Å². The van der Waals surface area contributed by atoms with E-state index in [1.807, 2.05) is 36.4 Å². The Hall–Kier alpha value is -2.92. The van der Waals surface area contributed by atoms with Crippen molar-refractivity contribution in [2.45, 2.75) is 13.8 Å². The molecule has 0 saturated carbocycles. The van der Waals surface area contributed by atoms with E-state index in [1.165, 1.54) is 11.1 Å². The van der Waals surface area contributed by atoms with Gasteiger partial charge in [-0.3, -0.25) is 4.79 Å². The number of anilines is 1. The number of carbonyl (C=O) groups is 1. The minimum absolute atomic E-state index is 0.140. The standard InChI is InChI=1S/C22H18BrN3O/c1-13-10-19-20(11-14(13)2)26-21(25-19)15-6-8-18(9-7-15)24-22(27)16-4-3-5-17(23)12-16/h3-12H,1-2H3,(H,24,27)(H,25,26). The van der Waals surface area contributed by atoms with Gasteiger partial charge in [-0.15, -0.1) is 0 Å². The van der Waals surface area contributed by atoms with Gasteiger partial charge in [-0.05, 0) is 79.6 Å². The SMILES string of the molecule is Cc1cc2nc(-c3ccc(NC(=O)c4cccc(Br)c4)cc3)[nH]c2cc1C. The Labute approximate surface area is 165 Å². The summed E-state index contributed by atoms with van der Waals surface area (Å²) in [7, 11) is 0. The Morgan fingerprint density at radius 1 is 1.00 bits per heavy atom. The van der Waals surface area contributed by atoms with Crippen molar-refractivity contribution in [2.75, 3.05) is 5.32 Å². The molecule has 1 heterocycles. The first-order chi connectivity index (χ1) is 13.0. The molecular weight excluding hydrogens is 402 g/mol. The van der Waals surface area contributed by atoms with Crippen LogP contribution in [0.25, 0.3) is 22.4 Å². The summed E-state index contributed by atoms with van der Waals surface area (Å²) in [6.45, 7) is 4.18. The molecule has 0 saturated heterocycles. The molecule has 27 heavy (non-hydrogen) atoms. The average molecular weight is 420 g/mol. The minimum atomic E-state index is -0.140. The molecule has 134 valence electrons. The molecule has 1 aromatic heterocycles. The Kier molecular flexibility index (Phi) is 4.54. The molecule has 3 aromatic carbocycles. The van der Waals surface area contributed by atoms with Gasteiger partial charge in [-0.25, -0.2) is 4.98 Å². The number of aryl methyl sites for hydroxylation is 2. The van der Waals surface area contributed by atoms with Crippen molar-refractivity contribution in [3.05, 3.63) is 81.8 Å². The lowest BCUT2D eigenvalue weighted by atomic mass is 10.1. The third-order valence-corrected chi connectivity index (χ3v) is 5.09. The number of aromatic nitrogens is 2. The van der Waals surface area contributed by atoms with Crippen LogP contribution in [0.3, 0.4) is 0 Å². The molecule has 0 fully saturated rings. The number of imidazole rings is 1. The summed E-state index contributed by atoms with van der Waals surface area (Å²) < 4.78 is 0.876. The number of fused-ring (bicyclic) bond motifs is 1. The van der Waals surface area contributed by atoms with E-state index in [-0.39, 0.29) is 5.91 Å². The van der Waals surface area contributed by atoms with Crippen molar-refractivity contribution in [1.29, 1.82) is 0 Å². The van der Waals surface area contributed by atoms with Crippen molar-refractivity contribution in [3.63, 3.8) is 0 Å². The fourth-order valence-corrected chi connectivity index (χ4v) is 3.35. The number of rotatable bonds is 3. The van der Waals surface area contributed by atoms with Crippen molar-refractivity contribution >= 4 is 38.6 Å². The number of hydrogen-bond donors (Lipinski definition) is 2. The summed E-state index contributed by atoms with van der Waals surface area (Å²) in [4.78, 5) is 20.4. The number of nitrogens with zero attached hydrogens (tertiary/aromatic N) is 1. The fourth-order valence-electron chi connectivity index (χ4n) is 2.95. The number of halogens is 1. The van der Waals surface area contributed by atoms with E-state index in [1.54, 1.807) is 12.1 Å². The highest BCUT2D eigenvalue weighted by molar-refractivity contribution is 9.10. The van der Waals surface area contributed by atoms with Gasteiger partial charge in [0.1, 0.15) is 5.82 Å². The van der Waals surface area contributed by atoms with Crippen LogP contribution < -0.4 is 5.32 Å². The second kappa shape index (κ2) is 7.00. The lowest BCUT2D eigenvalue weighted by Crippen LogP contribution is -2.11.